The van der Waals surface area contributed by atoms with Gasteiger partial charge in [-0.2, -0.15) is 9.37 Å². The number of pyridine rings is 1. The first-order chi connectivity index (χ1) is 7.27. The molecule has 1 rings (SSSR count). The van der Waals surface area contributed by atoms with E-state index in [0.29, 0.717) is 6.07 Å². The Morgan fingerprint density at radius 1 is 1.50 bits per heavy atom. The lowest BCUT2D eigenvalue weighted by atomic mass is 10.3. The summed E-state index contributed by atoms with van der Waals surface area (Å²) in [7, 11) is -3.51. The molecule has 0 saturated carbocycles. The van der Waals surface area contributed by atoms with E-state index < -0.39 is 38.7 Å². The third kappa shape index (κ3) is 2.42. The van der Waals surface area contributed by atoms with Crippen LogP contribution in [-0.2, 0) is 10.0 Å². The van der Waals surface area contributed by atoms with Crippen LogP contribution in [0, 0.1) is 5.95 Å². The third-order valence-corrected chi connectivity index (χ3v) is 2.63. The standard InChI is InChI=1S/C7H7F3N2O3S/c1-15-7-5(16(11,13)14)3(6(9)10)2-4(8)12-7/h2,6H,1H3,(H2,11,13,14). The van der Waals surface area contributed by atoms with Crippen molar-refractivity contribution in [3.8, 4) is 5.88 Å². The van der Waals surface area contributed by atoms with Gasteiger partial charge in [-0.25, -0.2) is 22.3 Å². The van der Waals surface area contributed by atoms with Crippen LogP contribution >= 0.6 is 0 Å². The average Bonchev–Trinajstić information content (AvgIpc) is 2.14. The highest BCUT2D eigenvalue weighted by Gasteiger charge is 2.27. The van der Waals surface area contributed by atoms with Gasteiger partial charge in [0.2, 0.25) is 21.9 Å². The number of aromatic nitrogens is 1. The second kappa shape index (κ2) is 4.26. The molecule has 0 unspecified atom stereocenters. The van der Waals surface area contributed by atoms with Crippen LogP contribution in [0.15, 0.2) is 11.0 Å². The fraction of sp³-hybridized carbons (Fsp3) is 0.286. The van der Waals surface area contributed by atoms with Gasteiger partial charge in [0.15, 0.2) is 4.90 Å². The zero-order valence-corrected chi connectivity index (χ0v) is 8.76. The van der Waals surface area contributed by atoms with E-state index in [4.69, 9.17) is 5.14 Å². The lowest BCUT2D eigenvalue weighted by Gasteiger charge is -2.10. The molecule has 2 N–H and O–H groups in total. The maximum atomic E-state index is 12.8. The van der Waals surface area contributed by atoms with E-state index in [-0.39, 0.29) is 0 Å². The third-order valence-electron chi connectivity index (χ3n) is 1.65. The Morgan fingerprint density at radius 3 is 2.44 bits per heavy atom. The van der Waals surface area contributed by atoms with Crippen molar-refractivity contribution in [2.45, 2.75) is 11.3 Å². The highest BCUT2D eigenvalue weighted by Crippen LogP contribution is 2.31. The highest BCUT2D eigenvalue weighted by atomic mass is 32.2. The van der Waals surface area contributed by atoms with E-state index in [1.54, 1.807) is 0 Å². The van der Waals surface area contributed by atoms with Gasteiger partial charge in [-0.15, -0.1) is 0 Å². The average molecular weight is 256 g/mol. The van der Waals surface area contributed by atoms with Gasteiger partial charge in [-0.05, 0) is 0 Å². The quantitative estimate of drug-likeness (QED) is 0.811. The van der Waals surface area contributed by atoms with Crippen LogP contribution in [0.5, 0.6) is 5.88 Å². The van der Waals surface area contributed by atoms with E-state index in [9.17, 15) is 21.6 Å². The van der Waals surface area contributed by atoms with Gasteiger partial charge in [0.05, 0.1) is 7.11 Å². The lowest BCUT2D eigenvalue weighted by molar-refractivity contribution is 0.146. The first kappa shape index (κ1) is 12.7. The summed E-state index contributed by atoms with van der Waals surface area (Å²) in [4.78, 5) is 2.01. The summed E-state index contributed by atoms with van der Waals surface area (Å²) in [6.07, 6.45) is -3.21. The normalized spacial score (nSPS) is 11.9. The van der Waals surface area contributed by atoms with Crippen molar-refractivity contribution in [3.63, 3.8) is 0 Å². The van der Waals surface area contributed by atoms with Crippen molar-refractivity contribution in [2.24, 2.45) is 5.14 Å². The highest BCUT2D eigenvalue weighted by molar-refractivity contribution is 7.89. The van der Waals surface area contributed by atoms with Gasteiger partial charge in [-0.1, -0.05) is 0 Å². The summed E-state index contributed by atoms with van der Waals surface area (Å²) in [5.41, 5.74) is -1.08. The molecular weight excluding hydrogens is 249 g/mol. The number of halogens is 3. The van der Waals surface area contributed by atoms with Crippen molar-refractivity contribution in [1.29, 1.82) is 0 Å². The smallest absolute Gasteiger partial charge is 0.265 e. The molecule has 5 nitrogen and oxygen atoms in total. The molecule has 1 aromatic heterocycles. The Labute approximate surface area is 89.1 Å². The summed E-state index contributed by atoms with van der Waals surface area (Å²) in [5.74, 6) is -2.07. The molecule has 9 heteroatoms. The maximum absolute atomic E-state index is 12.8. The van der Waals surface area contributed by atoms with Crippen LogP contribution < -0.4 is 9.88 Å². The first-order valence-electron chi connectivity index (χ1n) is 3.82. The number of primary sulfonamides is 1. The van der Waals surface area contributed by atoms with Gasteiger partial charge in [0, 0.05) is 11.6 Å². The van der Waals surface area contributed by atoms with Crippen molar-refractivity contribution < 1.29 is 26.3 Å². The summed E-state index contributed by atoms with van der Waals surface area (Å²) in [6, 6.07) is 0.299. The molecular formula is C7H7F3N2O3S. The molecule has 0 bridgehead atoms. The Bertz CT molecular complexity index is 504. The molecule has 0 spiro atoms. The van der Waals surface area contributed by atoms with E-state index in [1.807, 2.05) is 0 Å². The Hall–Kier alpha value is -1.35. The number of nitrogens with zero attached hydrogens (tertiary/aromatic N) is 1. The first-order valence-corrected chi connectivity index (χ1v) is 5.37. The number of ether oxygens (including phenoxy) is 1. The summed E-state index contributed by atoms with van der Waals surface area (Å²) >= 11 is 0. The van der Waals surface area contributed by atoms with Crippen LogP contribution in [0.25, 0.3) is 0 Å². The predicted octanol–water partition coefficient (Wildman–Crippen LogP) is 0.814. The van der Waals surface area contributed by atoms with Crippen LogP contribution in [-0.4, -0.2) is 20.5 Å². The molecule has 0 amide bonds. The maximum Gasteiger partial charge on any atom is 0.265 e. The molecule has 0 aliphatic rings. The minimum Gasteiger partial charge on any atom is -0.480 e. The van der Waals surface area contributed by atoms with Crippen molar-refractivity contribution in [2.75, 3.05) is 7.11 Å². The minimum atomic E-state index is -4.47. The lowest BCUT2D eigenvalue weighted by Crippen LogP contribution is -2.17. The molecule has 0 aliphatic heterocycles. The molecule has 0 atom stereocenters. The van der Waals surface area contributed by atoms with Crippen molar-refractivity contribution in [1.82, 2.24) is 4.98 Å². The van der Waals surface area contributed by atoms with Gasteiger partial charge in [-0.3, -0.25) is 0 Å². The van der Waals surface area contributed by atoms with Crippen molar-refractivity contribution >= 4 is 10.0 Å². The second-order valence-electron chi connectivity index (χ2n) is 2.72. The monoisotopic (exact) mass is 256 g/mol. The summed E-state index contributed by atoms with van der Waals surface area (Å²) < 4.78 is 64.3. The number of hydrogen-bond acceptors (Lipinski definition) is 4. The van der Waals surface area contributed by atoms with Crippen molar-refractivity contribution in [3.05, 3.63) is 17.6 Å². The van der Waals surface area contributed by atoms with E-state index in [1.165, 1.54) is 0 Å². The molecule has 1 heterocycles. The van der Waals surface area contributed by atoms with Gasteiger partial charge < -0.3 is 4.74 Å². The second-order valence-corrected chi connectivity index (χ2v) is 4.22. The van der Waals surface area contributed by atoms with E-state index in [0.717, 1.165) is 7.11 Å². The fourth-order valence-corrected chi connectivity index (χ4v) is 1.93. The molecule has 0 aliphatic carbocycles. The Balaban J connectivity index is 3.65. The van der Waals surface area contributed by atoms with Crippen LogP contribution in [0.4, 0.5) is 13.2 Å². The van der Waals surface area contributed by atoms with Crippen LogP contribution in [0.3, 0.4) is 0 Å². The fourth-order valence-electron chi connectivity index (χ4n) is 1.08. The summed E-state index contributed by atoms with van der Waals surface area (Å²) in [6.45, 7) is 0. The van der Waals surface area contributed by atoms with Gasteiger partial charge in [0.25, 0.3) is 6.43 Å². The molecule has 90 valence electrons. The number of hydrogen-bond donors (Lipinski definition) is 1. The van der Waals surface area contributed by atoms with E-state index >= 15 is 0 Å². The molecule has 0 aromatic carbocycles. The van der Waals surface area contributed by atoms with Crippen LogP contribution in [0.2, 0.25) is 0 Å². The number of alkyl halides is 2. The zero-order chi connectivity index (χ0) is 12.5. The van der Waals surface area contributed by atoms with Crippen LogP contribution in [0.1, 0.15) is 12.0 Å². The Morgan fingerprint density at radius 2 is 2.06 bits per heavy atom. The predicted molar refractivity (Wildman–Crippen MR) is 47.1 cm³/mol. The topological polar surface area (TPSA) is 82.3 Å². The number of nitrogens with two attached hydrogens (primary N) is 1. The van der Waals surface area contributed by atoms with E-state index in [2.05, 4.69) is 9.72 Å². The SMILES string of the molecule is COc1nc(F)cc(C(F)F)c1S(N)(=O)=O. The minimum absolute atomic E-state index is 0.299. The molecule has 1 aromatic rings. The molecule has 0 saturated heterocycles. The number of rotatable bonds is 3. The van der Waals surface area contributed by atoms with Gasteiger partial charge >= 0.3 is 0 Å². The molecule has 0 radical (unpaired) electrons. The Kier molecular flexibility index (Phi) is 3.38. The van der Waals surface area contributed by atoms with Gasteiger partial charge in [0.1, 0.15) is 0 Å². The summed E-state index contributed by atoms with van der Waals surface area (Å²) in [5, 5.41) is 4.72. The molecule has 0 fully saturated rings. The molecule has 16 heavy (non-hydrogen) atoms. The number of methoxy groups -OCH3 is 1. The zero-order valence-electron chi connectivity index (χ0n) is 7.95. The number of sulfonamides is 1. The largest absolute Gasteiger partial charge is 0.480 e.